The molecule has 30 heavy (non-hydrogen) atoms. The zero-order valence-corrected chi connectivity index (χ0v) is 18.1. The molecule has 2 aromatic carbocycles. The molecule has 3 aromatic rings. The molecular weight excluding hydrogens is 402 g/mol. The van der Waals surface area contributed by atoms with Crippen LogP contribution in [0.3, 0.4) is 0 Å². The number of benzene rings is 2. The van der Waals surface area contributed by atoms with Crippen molar-refractivity contribution >= 4 is 22.4 Å². The molecule has 0 radical (unpaired) electrons. The Bertz CT molecular complexity index is 990. The van der Waals surface area contributed by atoms with E-state index in [0.717, 1.165) is 21.9 Å². The second-order valence-electron chi connectivity index (χ2n) is 6.65. The number of rotatable bonds is 10. The summed E-state index contributed by atoms with van der Waals surface area (Å²) in [6.07, 6.45) is 1.55. The first-order valence-electron chi connectivity index (χ1n) is 9.60. The van der Waals surface area contributed by atoms with Crippen LogP contribution in [0.1, 0.15) is 22.6 Å². The van der Waals surface area contributed by atoms with Crippen molar-refractivity contribution in [2.45, 2.75) is 26.2 Å². The molecule has 0 aliphatic rings. The smallest absolute Gasteiger partial charge is 0.226 e. The van der Waals surface area contributed by atoms with Crippen LogP contribution in [0, 0.1) is 6.92 Å². The quantitative estimate of drug-likeness (QED) is 0.525. The standard InChI is InChI=1S/C22H25N3O4S/c1-15-5-4-6-17(13-15)29-12-11-21-24-25-22(30-21)23-20(26)10-8-16-7-9-18(27-2)19(14-16)28-3/h4-7,9,13-14H,8,10-12H2,1-3H3,(H,23,25,26). The Balaban J connectivity index is 1.44. The maximum atomic E-state index is 12.3. The number of anilines is 1. The number of amides is 1. The molecule has 0 fully saturated rings. The molecule has 0 aliphatic heterocycles. The van der Waals surface area contributed by atoms with Gasteiger partial charge in [-0.25, -0.2) is 0 Å². The van der Waals surface area contributed by atoms with Gasteiger partial charge in [-0.15, -0.1) is 10.2 Å². The number of nitrogens with zero attached hydrogens (tertiary/aromatic N) is 2. The van der Waals surface area contributed by atoms with Crippen LogP contribution in [0.2, 0.25) is 0 Å². The normalized spacial score (nSPS) is 10.5. The fourth-order valence-electron chi connectivity index (χ4n) is 2.84. The van der Waals surface area contributed by atoms with Crippen LogP contribution in [-0.2, 0) is 17.6 Å². The first-order valence-corrected chi connectivity index (χ1v) is 10.4. The minimum atomic E-state index is -0.108. The third kappa shape index (κ3) is 6.18. The second-order valence-corrected chi connectivity index (χ2v) is 7.72. The number of aryl methyl sites for hydroxylation is 2. The van der Waals surface area contributed by atoms with Gasteiger partial charge in [0.15, 0.2) is 11.5 Å². The fourth-order valence-corrected chi connectivity index (χ4v) is 3.58. The minimum Gasteiger partial charge on any atom is -0.493 e. The van der Waals surface area contributed by atoms with Gasteiger partial charge in [0.1, 0.15) is 10.8 Å². The molecule has 0 spiro atoms. The van der Waals surface area contributed by atoms with Crippen LogP contribution in [0.25, 0.3) is 0 Å². The van der Waals surface area contributed by atoms with Crippen LogP contribution >= 0.6 is 11.3 Å². The summed E-state index contributed by atoms with van der Waals surface area (Å²) in [4.78, 5) is 12.3. The molecule has 3 rings (SSSR count). The van der Waals surface area contributed by atoms with Gasteiger partial charge >= 0.3 is 0 Å². The highest BCUT2D eigenvalue weighted by Gasteiger charge is 2.10. The minimum absolute atomic E-state index is 0.108. The maximum Gasteiger partial charge on any atom is 0.226 e. The molecule has 158 valence electrons. The highest BCUT2D eigenvalue weighted by Crippen LogP contribution is 2.28. The van der Waals surface area contributed by atoms with Gasteiger partial charge in [0.05, 0.1) is 20.8 Å². The Labute approximate surface area is 180 Å². The fraction of sp³-hybridized carbons (Fsp3) is 0.318. The van der Waals surface area contributed by atoms with Crippen molar-refractivity contribution in [2.75, 3.05) is 26.1 Å². The van der Waals surface area contributed by atoms with Crippen molar-refractivity contribution < 1.29 is 19.0 Å². The number of ether oxygens (including phenoxy) is 3. The Kier molecular flexibility index (Phi) is 7.62. The summed E-state index contributed by atoms with van der Waals surface area (Å²) >= 11 is 1.36. The molecule has 0 saturated heterocycles. The molecule has 1 aromatic heterocycles. The van der Waals surface area contributed by atoms with Gasteiger partial charge in [0.25, 0.3) is 0 Å². The summed E-state index contributed by atoms with van der Waals surface area (Å²) in [6, 6.07) is 13.5. The highest BCUT2D eigenvalue weighted by molar-refractivity contribution is 7.15. The summed E-state index contributed by atoms with van der Waals surface area (Å²) in [5, 5.41) is 12.3. The molecule has 8 heteroatoms. The van der Waals surface area contributed by atoms with Gasteiger partial charge in [-0.1, -0.05) is 29.5 Å². The van der Waals surface area contributed by atoms with E-state index in [-0.39, 0.29) is 5.91 Å². The number of carbonyl (C=O) groups is 1. The molecule has 1 heterocycles. The number of nitrogens with one attached hydrogen (secondary N) is 1. The van der Waals surface area contributed by atoms with E-state index >= 15 is 0 Å². The topological polar surface area (TPSA) is 82.6 Å². The monoisotopic (exact) mass is 427 g/mol. The van der Waals surface area contributed by atoms with Gasteiger partial charge in [0.2, 0.25) is 11.0 Å². The highest BCUT2D eigenvalue weighted by atomic mass is 32.1. The molecule has 0 saturated carbocycles. The SMILES string of the molecule is COc1ccc(CCC(=O)Nc2nnc(CCOc3cccc(C)c3)s2)cc1OC. The van der Waals surface area contributed by atoms with E-state index < -0.39 is 0 Å². The van der Waals surface area contributed by atoms with E-state index in [4.69, 9.17) is 14.2 Å². The summed E-state index contributed by atoms with van der Waals surface area (Å²) < 4.78 is 16.3. The lowest BCUT2D eigenvalue weighted by molar-refractivity contribution is -0.116. The third-order valence-corrected chi connectivity index (χ3v) is 5.27. The van der Waals surface area contributed by atoms with E-state index in [1.165, 1.54) is 11.3 Å². The number of hydrogen-bond donors (Lipinski definition) is 1. The van der Waals surface area contributed by atoms with Crippen molar-refractivity contribution in [2.24, 2.45) is 0 Å². The molecule has 0 unspecified atom stereocenters. The van der Waals surface area contributed by atoms with Gasteiger partial charge in [-0.3, -0.25) is 4.79 Å². The number of carbonyl (C=O) groups excluding carboxylic acids is 1. The zero-order valence-electron chi connectivity index (χ0n) is 17.3. The molecule has 1 amide bonds. The van der Waals surface area contributed by atoms with Crippen LogP contribution < -0.4 is 19.5 Å². The second kappa shape index (κ2) is 10.6. The average Bonchev–Trinajstić information content (AvgIpc) is 3.19. The first-order chi connectivity index (χ1) is 14.6. The largest absolute Gasteiger partial charge is 0.493 e. The summed E-state index contributed by atoms with van der Waals surface area (Å²) in [5.74, 6) is 2.04. The van der Waals surface area contributed by atoms with Gasteiger partial charge in [0, 0.05) is 12.8 Å². The van der Waals surface area contributed by atoms with Crippen LogP contribution in [0.15, 0.2) is 42.5 Å². The van der Waals surface area contributed by atoms with Gasteiger partial charge in [-0.05, 0) is 48.7 Å². The lowest BCUT2D eigenvalue weighted by atomic mass is 10.1. The van der Waals surface area contributed by atoms with E-state index in [1.807, 2.05) is 49.4 Å². The van der Waals surface area contributed by atoms with E-state index in [2.05, 4.69) is 15.5 Å². The Hall–Kier alpha value is -3.13. The van der Waals surface area contributed by atoms with E-state index in [1.54, 1.807) is 14.2 Å². The lowest BCUT2D eigenvalue weighted by Crippen LogP contribution is -2.12. The van der Waals surface area contributed by atoms with Crippen LogP contribution in [0.4, 0.5) is 5.13 Å². The van der Waals surface area contributed by atoms with Crippen LogP contribution in [-0.4, -0.2) is 36.9 Å². The molecule has 0 atom stereocenters. The van der Waals surface area contributed by atoms with E-state index in [0.29, 0.717) is 42.5 Å². The predicted molar refractivity (Wildman–Crippen MR) is 117 cm³/mol. The average molecular weight is 428 g/mol. The molecule has 1 N–H and O–H groups in total. The van der Waals surface area contributed by atoms with Crippen molar-refractivity contribution in [3.63, 3.8) is 0 Å². The molecule has 7 nitrogen and oxygen atoms in total. The first kappa shape index (κ1) is 21.6. The third-order valence-electron chi connectivity index (χ3n) is 4.38. The van der Waals surface area contributed by atoms with Crippen LogP contribution in [0.5, 0.6) is 17.2 Å². The Morgan fingerprint density at radius 3 is 2.63 bits per heavy atom. The van der Waals surface area contributed by atoms with Crippen molar-refractivity contribution in [1.82, 2.24) is 10.2 Å². The number of methoxy groups -OCH3 is 2. The molecule has 0 aliphatic carbocycles. The van der Waals surface area contributed by atoms with Crippen molar-refractivity contribution in [3.8, 4) is 17.2 Å². The lowest BCUT2D eigenvalue weighted by Gasteiger charge is -2.09. The number of hydrogen-bond acceptors (Lipinski definition) is 7. The van der Waals surface area contributed by atoms with Crippen molar-refractivity contribution in [1.29, 1.82) is 0 Å². The van der Waals surface area contributed by atoms with Crippen molar-refractivity contribution in [3.05, 3.63) is 58.6 Å². The maximum absolute atomic E-state index is 12.3. The zero-order chi connectivity index (χ0) is 21.3. The molecular formula is C22H25N3O4S. The summed E-state index contributed by atoms with van der Waals surface area (Å²) in [6.45, 7) is 2.53. The Morgan fingerprint density at radius 1 is 1.03 bits per heavy atom. The Morgan fingerprint density at radius 2 is 1.87 bits per heavy atom. The van der Waals surface area contributed by atoms with Gasteiger partial charge in [-0.2, -0.15) is 0 Å². The van der Waals surface area contributed by atoms with E-state index in [9.17, 15) is 4.79 Å². The summed E-state index contributed by atoms with van der Waals surface area (Å²) in [7, 11) is 3.18. The summed E-state index contributed by atoms with van der Waals surface area (Å²) in [5.41, 5.74) is 2.15. The number of aromatic nitrogens is 2. The predicted octanol–water partition coefficient (Wildman–Crippen LogP) is 4.06. The molecule has 0 bridgehead atoms. The van der Waals surface area contributed by atoms with Gasteiger partial charge < -0.3 is 19.5 Å².